The molecule has 2 aromatic rings. The van der Waals surface area contributed by atoms with Gasteiger partial charge in [0.1, 0.15) is 56.0 Å². The van der Waals surface area contributed by atoms with Crippen LogP contribution in [-0.4, -0.2) is 162 Å². The SMILES string of the molecule is O=C(O)CC[C@H](NC(=O)N[C@@H](CCC(=O)N[C@@H](CCCCN(Cc1nccn1CC(=O)O)Cc1nccn1CC(=O)N(CC(=O)O)CC(=O)O)C(=O)O)C(=O)O)C(=O)O. The number of carboxylic acid groups (broad SMARTS) is 7. The lowest BCUT2D eigenvalue weighted by Crippen LogP contribution is -2.51. The summed E-state index contributed by atoms with van der Waals surface area (Å²) in [4.78, 5) is 128. The number of nitrogens with one attached hydrogen (secondary N) is 3. The summed E-state index contributed by atoms with van der Waals surface area (Å²) >= 11 is 0. The highest BCUT2D eigenvalue weighted by Crippen LogP contribution is 2.13. The van der Waals surface area contributed by atoms with Crippen molar-refractivity contribution in [3.05, 3.63) is 36.4 Å². The molecule has 0 radical (unpaired) electrons. The van der Waals surface area contributed by atoms with E-state index in [1.807, 2.05) is 10.6 Å². The third-order valence-electron chi connectivity index (χ3n) is 8.31. The van der Waals surface area contributed by atoms with Crippen LogP contribution in [0.15, 0.2) is 24.8 Å². The Balaban J connectivity index is 2.08. The van der Waals surface area contributed by atoms with Crippen molar-refractivity contribution in [2.24, 2.45) is 0 Å². The van der Waals surface area contributed by atoms with Crippen molar-refractivity contribution in [1.82, 2.24) is 44.9 Å². The molecule has 324 valence electrons. The largest absolute Gasteiger partial charge is 0.481 e. The molecule has 59 heavy (non-hydrogen) atoms. The van der Waals surface area contributed by atoms with Crippen LogP contribution >= 0.6 is 0 Å². The van der Waals surface area contributed by atoms with E-state index in [4.69, 9.17) is 15.3 Å². The molecule has 0 saturated heterocycles. The number of rotatable bonds is 29. The minimum atomic E-state index is -1.71. The van der Waals surface area contributed by atoms with Crippen molar-refractivity contribution in [3.8, 4) is 0 Å². The highest BCUT2D eigenvalue weighted by Gasteiger charge is 2.27. The maximum Gasteiger partial charge on any atom is 0.326 e. The Morgan fingerprint density at radius 3 is 1.51 bits per heavy atom. The fraction of sp³-hybridized carbons (Fsp3) is 0.515. The number of aliphatic carboxylic acids is 7. The van der Waals surface area contributed by atoms with E-state index >= 15 is 0 Å². The summed E-state index contributed by atoms with van der Waals surface area (Å²) in [7, 11) is 0. The standard InChI is InChI=1S/C33H45N9O17/c43-24(6-4-20(31(55)56)37-33(59)38-21(32(57)58)5-7-26(45)46)36-19(30(53)54)3-1-2-10-39(14-23-35-9-12-41(23)16-27(47)48)13-22-34-8-11-40(22)15-25(44)42(17-28(49)50)18-29(51)52/h8-9,11-12,19-21H,1-7,10,13-18H2,(H,36,43)(H,45,46)(H,47,48)(H,49,50)(H,51,52)(H,53,54)(H,55,56)(H,57,58)(H2,37,38,59)/t19-,20-,21-/m0/s1. The Kier molecular flexibility index (Phi) is 19.4. The van der Waals surface area contributed by atoms with E-state index < -0.39 is 130 Å². The van der Waals surface area contributed by atoms with Crippen molar-refractivity contribution in [3.63, 3.8) is 0 Å². The Labute approximate surface area is 333 Å². The minimum Gasteiger partial charge on any atom is -0.481 e. The molecule has 26 nitrogen and oxygen atoms in total. The highest BCUT2D eigenvalue weighted by atomic mass is 16.4. The number of aromatic nitrogens is 4. The number of nitrogens with zero attached hydrogens (tertiary/aromatic N) is 6. The quantitative estimate of drug-likeness (QED) is 0.0387. The van der Waals surface area contributed by atoms with Gasteiger partial charge < -0.3 is 65.7 Å². The van der Waals surface area contributed by atoms with E-state index in [1.165, 1.54) is 33.9 Å². The molecule has 0 unspecified atom stereocenters. The number of carbonyl (C=O) groups is 10. The maximum atomic E-state index is 12.9. The Hall–Kier alpha value is -7.12. The normalized spacial score (nSPS) is 12.4. The summed E-state index contributed by atoms with van der Waals surface area (Å²) < 4.78 is 2.75. The van der Waals surface area contributed by atoms with Gasteiger partial charge in [-0.1, -0.05) is 0 Å². The fourth-order valence-electron chi connectivity index (χ4n) is 5.46. The second-order valence-corrected chi connectivity index (χ2v) is 12.9. The lowest BCUT2D eigenvalue weighted by molar-refractivity contribution is -0.149. The number of hydrogen-bond donors (Lipinski definition) is 10. The zero-order chi connectivity index (χ0) is 44.2. The van der Waals surface area contributed by atoms with Crippen molar-refractivity contribution in [2.75, 3.05) is 19.6 Å². The third kappa shape index (κ3) is 18.1. The first-order chi connectivity index (χ1) is 27.7. The zero-order valence-electron chi connectivity index (χ0n) is 31.3. The van der Waals surface area contributed by atoms with Crippen molar-refractivity contribution in [2.45, 2.75) is 89.3 Å². The molecule has 0 aromatic carbocycles. The summed E-state index contributed by atoms with van der Waals surface area (Å²) in [5, 5.41) is 71.0. The first-order valence-corrected chi connectivity index (χ1v) is 17.7. The third-order valence-corrected chi connectivity index (χ3v) is 8.31. The van der Waals surface area contributed by atoms with Gasteiger partial charge in [-0.05, 0) is 38.6 Å². The molecule has 0 bridgehead atoms. The van der Waals surface area contributed by atoms with Gasteiger partial charge >= 0.3 is 47.8 Å². The van der Waals surface area contributed by atoms with Gasteiger partial charge in [-0.15, -0.1) is 0 Å². The maximum absolute atomic E-state index is 12.9. The van der Waals surface area contributed by atoms with E-state index in [9.17, 15) is 68.4 Å². The number of amides is 4. The number of hydrogen-bond acceptors (Lipinski definition) is 13. The van der Waals surface area contributed by atoms with Crippen LogP contribution in [0.5, 0.6) is 0 Å². The van der Waals surface area contributed by atoms with Gasteiger partial charge in [-0.25, -0.2) is 29.1 Å². The molecule has 0 fully saturated rings. The van der Waals surface area contributed by atoms with Crippen molar-refractivity contribution < 1.29 is 83.7 Å². The van der Waals surface area contributed by atoms with E-state index in [0.717, 1.165) is 0 Å². The van der Waals surface area contributed by atoms with Gasteiger partial charge in [-0.3, -0.25) is 33.7 Å². The van der Waals surface area contributed by atoms with E-state index in [1.54, 1.807) is 4.90 Å². The Bertz CT molecular complexity index is 1830. The Morgan fingerprint density at radius 2 is 1.05 bits per heavy atom. The van der Waals surface area contributed by atoms with Gasteiger partial charge in [0.15, 0.2) is 0 Å². The molecule has 0 aliphatic heterocycles. The van der Waals surface area contributed by atoms with E-state index in [0.29, 0.717) is 10.7 Å². The lowest BCUT2D eigenvalue weighted by Gasteiger charge is -2.24. The van der Waals surface area contributed by atoms with Crippen LogP contribution in [0.2, 0.25) is 0 Å². The summed E-state index contributed by atoms with van der Waals surface area (Å²) in [6.07, 6.45) is 3.78. The fourth-order valence-corrected chi connectivity index (χ4v) is 5.46. The van der Waals surface area contributed by atoms with Crippen LogP contribution in [0.4, 0.5) is 4.79 Å². The first kappa shape index (κ1) is 48.0. The Morgan fingerprint density at radius 1 is 0.576 bits per heavy atom. The number of unbranched alkanes of at least 4 members (excludes halogenated alkanes) is 1. The first-order valence-electron chi connectivity index (χ1n) is 17.7. The topological polar surface area (TPSA) is 391 Å². The average molecular weight is 840 g/mol. The second-order valence-electron chi connectivity index (χ2n) is 12.9. The summed E-state index contributed by atoms with van der Waals surface area (Å²) in [5.41, 5.74) is 0. The number of carbonyl (C=O) groups excluding carboxylic acids is 3. The number of carboxylic acids is 7. The molecule has 0 aliphatic carbocycles. The van der Waals surface area contributed by atoms with Crippen LogP contribution in [0.25, 0.3) is 0 Å². The minimum absolute atomic E-state index is 0.00721. The second kappa shape index (κ2) is 23.8. The van der Waals surface area contributed by atoms with Gasteiger partial charge in [0.05, 0.1) is 13.1 Å². The van der Waals surface area contributed by atoms with Crippen LogP contribution in [0.1, 0.15) is 56.6 Å². The van der Waals surface area contributed by atoms with Gasteiger partial charge in [0.25, 0.3) is 0 Å². The molecule has 0 saturated carbocycles. The number of urea groups is 1. The lowest BCUT2D eigenvalue weighted by atomic mass is 10.1. The summed E-state index contributed by atoms with van der Waals surface area (Å²) in [6, 6.07) is -6.05. The summed E-state index contributed by atoms with van der Waals surface area (Å²) in [6.45, 7) is -2.34. The van der Waals surface area contributed by atoms with Gasteiger partial charge in [0, 0.05) is 37.6 Å². The predicted molar refractivity (Wildman–Crippen MR) is 192 cm³/mol. The monoisotopic (exact) mass is 839 g/mol. The molecule has 4 amide bonds. The molecule has 26 heteroatoms. The smallest absolute Gasteiger partial charge is 0.326 e. The predicted octanol–water partition coefficient (Wildman–Crippen LogP) is -2.25. The van der Waals surface area contributed by atoms with Crippen molar-refractivity contribution >= 4 is 59.6 Å². The van der Waals surface area contributed by atoms with E-state index in [-0.39, 0.29) is 44.7 Å². The van der Waals surface area contributed by atoms with Crippen molar-refractivity contribution in [1.29, 1.82) is 0 Å². The van der Waals surface area contributed by atoms with Crippen LogP contribution < -0.4 is 16.0 Å². The summed E-state index contributed by atoms with van der Waals surface area (Å²) in [5.74, 6) is -11.0. The molecule has 0 aliphatic rings. The number of imidazole rings is 2. The molecule has 2 aromatic heterocycles. The highest BCUT2D eigenvalue weighted by molar-refractivity contribution is 5.88. The molecule has 10 N–H and O–H groups in total. The van der Waals surface area contributed by atoms with Gasteiger partial charge in [0.2, 0.25) is 11.8 Å². The zero-order valence-corrected chi connectivity index (χ0v) is 31.3. The average Bonchev–Trinajstić information content (AvgIpc) is 3.76. The molecular weight excluding hydrogens is 794 g/mol. The molecule has 0 spiro atoms. The van der Waals surface area contributed by atoms with Gasteiger partial charge in [-0.2, -0.15) is 0 Å². The molecule has 2 heterocycles. The van der Waals surface area contributed by atoms with Crippen LogP contribution in [-0.2, 0) is 69.3 Å². The van der Waals surface area contributed by atoms with Crippen LogP contribution in [0.3, 0.4) is 0 Å². The van der Waals surface area contributed by atoms with Crippen LogP contribution in [0, 0.1) is 0 Å². The molecule has 3 atom stereocenters. The molecule has 2 rings (SSSR count). The molecular formula is C33H45N9O17. The van der Waals surface area contributed by atoms with E-state index in [2.05, 4.69) is 15.3 Å².